The molecule has 76 valence electrons. The number of carboxylic acid groups (broad SMARTS) is 1. The van der Waals surface area contributed by atoms with Gasteiger partial charge in [-0.3, -0.25) is 0 Å². The molecule has 0 amide bonds. The maximum atomic E-state index is 10.7. The van der Waals surface area contributed by atoms with Crippen molar-refractivity contribution in [1.82, 2.24) is 4.98 Å². The molecule has 1 unspecified atom stereocenters. The third-order valence-electron chi connectivity index (χ3n) is 2.51. The summed E-state index contributed by atoms with van der Waals surface area (Å²) in [6.45, 7) is 0. The fourth-order valence-electron chi connectivity index (χ4n) is 1.51. The zero-order valence-corrected chi connectivity index (χ0v) is 8.68. The normalized spacial score (nSPS) is 20.4. The summed E-state index contributed by atoms with van der Waals surface area (Å²) in [6.07, 6.45) is 1.56. The van der Waals surface area contributed by atoms with E-state index >= 15 is 0 Å². The standard InChI is InChI=1S/C8H8ClNO3S/c9-7-10-3-4(14-7)8(1-2-8)5(11)6(12)13/h3,5,11H,1-2H2,(H,12,13). The molecule has 0 spiro atoms. The molecule has 0 saturated heterocycles. The summed E-state index contributed by atoms with van der Waals surface area (Å²) in [5.74, 6) is -1.19. The fraction of sp³-hybridized carbons (Fsp3) is 0.500. The number of nitrogens with zero attached hydrogens (tertiary/aromatic N) is 1. The van der Waals surface area contributed by atoms with Crippen LogP contribution >= 0.6 is 22.9 Å². The van der Waals surface area contributed by atoms with E-state index < -0.39 is 17.5 Å². The maximum Gasteiger partial charge on any atom is 0.333 e. The van der Waals surface area contributed by atoms with Gasteiger partial charge >= 0.3 is 5.97 Å². The lowest BCUT2D eigenvalue weighted by molar-refractivity contribution is -0.148. The predicted molar refractivity (Wildman–Crippen MR) is 51.7 cm³/mol. The topological polar surface area (TPSA) is 70.4 Å². The van der Waals surface area contributed by atoms with Crippen LogP contribution in [0, 0.1) is 0 Å². The third kappa shape index (κ3) is 1.41. The van der Waals surface area contributed by atoms with Crippen molar-refractivity contribution in [1.29, 1.82) is 0 Å². The van der Waals surface area contributed by atoms with Crippen LogP contribution in [0.25, 0.3) is 0 Å². The van der Waals surface area contributed by atoms with Crippen LogP contribution in [-0.2, 0) is 10.2 Å². The Morgan fingerprint density at radius 3 is 2.71 bits per heavy atom. The van der Waals surface area contributed by atoms with Crippen molar-refractivity contribution in [3.05, 3.63) is 15.5 Å². The zero-order valence-electron chi connectivity index (χ0n) is 7.11. The van der Waals surface area contributed by atoms with Gasteiger partial charge < -0.3 is 10.2 Å². The Labute approximate surface area is 89.2 Å². The van der Waals surface area contributed by atoms with Gasteiger partial charge in [-0.25, -0.2) is 9.78 Å². The van der Waals surface area contributed by atoms with Crippen LogP contribution in [0.2, 0.25) is 4.47 Å². The molecule has 1 aliphatic carbocycles. The van der Waals surface area contributed by atoms with Crippen molar-refractivity contribution in [2.24, 2.45) is 0 Å². The van der Waals surface area contributed by atoms with E-state index in [2.05, 4.69) is 4.98 Å². The van der Waals surface area contributed by atoms with E-state index in [-0.39, 0.29) is 0 Å². The van der Waals surface area contributed by atoms with Crippen molar-refractivity contribution >= 4 is 28.9 Å². The second kappa shape index (κ2) is 3.18. The van der Waals surface area contributed by atoms with Gasteiger partial charge in [0.2, 0.25) is 0 Å². The second-order valence-electron chi connectivity index (χ2n) is 3.37. The van der Waals surface area contributed by atoms with Gasteiger partial charge in [0.1, 0.15) is 0 Å². The molecular weight excluding hydrogens is 226 g/mol. The van der Waals surface area contributed by atoms with E-state index in [4.69, 9.17) is 16.7 Å². The molecule has 0 bridgehead atoms. The molecule has 1 aromatic heterocycles. The van der Waals surface area contributed by atoms with E-state index in [1.165, 1.54) is 11.3 Å². The van der Waals surface area contributed by atoms with Crippen LogP contribution in [-0.4, -0.2) is 27.3 Å². The molecule has 1 fully saturated rings. The first-order chi connectivity index (χ1) is 6.56. The molecule has 6 heteroatoms. The first kappa shape index (κ1) is 9.89. The minimum absolute atomic E-state index is 0.379. The fourth-order valence-corrected chi connectivity index (χ4v) is 2.72. The number of halogens is 1. The van der Waals surface area contributed by atoms with E-state index in [1.807, 2.05) is 0 Å². The highest BCUT2D eigenvalue weighted by Crippen LogP contribution is 2.53. The lowest BCUT2D eigenvalue weighted by atomic mass is 9.98. The van der Waals surface area contributed by atoms with Crippen LogP contribution < -0.4 is 0 Å². The van der Waals surface area contributed by atoms with Crippen molar-refractivity contribution in [2.75, 3.05) is 0 Å². The van der Waals surface area contributed by atoms with Crippen LogP contribution in [0.4, 0.5) is 0 Å². The van der Waals surface area contributed by atoms with Gasteiger partial charge in [0, 0.05) is 16.5 Å². The Bertz CT molecular complexity index is 374. The summed E-state index contributed by atoms with van der Waals surface area (Å²) in [4.78, 5) is 15.3. The minimum atomic E-state index is -1.35. The molecule has 2 N–H and O–H groups in total. The maximum absolute atomic E-state index is 10.7. The Hall–Kier alpha value is -0.650. The Kier molecular flexibility index (Phi) is 2.25. The van der Waals surface area contributed by atoms with E-state index in [0.29, 0.717) is 17.3 Å². The van der Waals surface area contributed by atoms with Gasteiger partial charge in [-0.05, 0) is 12.8 Å². The van der Waals surface area contributed by atoms with Crippen LogP contribution in [0.3, 0.4) is 0 Å². The molecule has 2 rings (SSSR count). The molecule has 1 aliphatic rings. The van der Waals surface area contributed by atoms with E-state index in [9.17, 15) is 9.90 Å². The third-order valence-corrected chi connectivity index (χ3v) is 3.85. The average Bonchev–Trinajstić information content (AvgIpc) is 2.83. The highest BCUT2D eigenvalue weighted by Gasteiger charge is 2.54. The first-order valence-electron chi connectivity index (χ1n) is 4.09. The molecular formula is C8H8ClNO3S. The molecule has 14 heavy (non-hydrogen) atoms. The average molecular weight is 234 g/mol. The first-order valence-corrected chi connectivity index (χ1v) is 5.28. The van der Waals surface area contributed by atoms with Gasteiger partial charge in [-0.2, -0.15) is 0 Å². The SMILES string of the molecule is O=C(O)C(O)C1(c2cnc(Cl)s2)CC1. The summed E-state index contributed by atoms with van der Waals surface area (Å²) in [5.41, 5.74) is -0.628. The summed E-state index contributed by atoms with van der Waals surface area (Å²) in [6, 6.07) is 0. The van der Waals surface area contributed by atoms with Crippen LogP contribution in [0.5, 0.6) is 0 Å². The highest BCUT2D eigenvalue weighted by molar-refractivity contribution is 7.15. The van der Waals surface area contributed by atoms with Crippen molar-refractivity contribution in [2.45, 2.75) is 24.4 Å². The Balaban J connectivity index is 2.29. The van der Waals surface area contributed by atoms with Crippen molar-refractivity contribution in [3.63, 3.8) is 0 Å². The number of hydrogen-bond acceptors (Lipinski definition) is 4. The van der Waals surface area contributed by atoms with Crippen molar-refractivity contribution in [3.8, 4) is 0 Å². The Morgan fingerprint density at radius 1 is 1.71 bits per heavy atom. The monoisotopic (exact) mass is 233 g/mol. The smallest absolute Gasteiger partial charge is 0.333 e. The number of carbonyl (C=O) groups is 1. The second-order valence-corrected chi connectivity index (χ2v) is 4.99. The number of aromatic nitrogens is 1. The summed E-state index contributed by atoms with van der Waals surface area (Å²) in [7, 11) is 0. The van der Waals surface area contributed by atoms with Gasteiger partial charge in [0.05, 0.1) is 0 Å². The molecule has 4 nitrogen and oxygen atoms in total. The largest absolute Gasteiger partial charge is 0.479 e. The van der Waals surface area contributed by atoms with Crippen LogP contribution in [0.1, 0.15) is 17.7 Å². The lowest BCUT2D eigenvalue weighted by Crippen LogP contribution is -2.33. The van der Waals surface area contributed by atoms with Crippen LogP contribution in [0.15, 0.2) is 6.20 Å². The lowest BCUT2D eigenvalue weighted by Gasteiger charge is -2.15. The summed E-state index contributed by atoms with van der Waals surface area (Å²) < 4.78 is 0.379. The number of aliphatic hydroxyl groups excluding tert-OH is 1. The van der Waals surface area contributed by atoms with E-state index in [1.54, 1.807) is 6.20 Å². The number of hydrogen-bond donors (Lipinski definition) is 2. The zero-order chi connectivity index (χ0) is 10.3. The van der Waals surface area contributed by atoms with Gasteiger partial charge in [0.25, 0.3) is 0 Å². The van der Waals surface area contributed by atoms with Gasteiger partial charge in [-0.15, -0.1) is 11.3 Å². The number of aliphatic hydroxyl groups is 1. The Morgan fingerprint density at radius 2 is 2.36 bits per heavy atom. The number of carboxylic acids is 1. The molecule has 1 aromatic rings. The quantitative estimate of drug-likeness (QED) is 0.825. The summed E-state index contributed by atoms with van der Waals surface area (Å²) in [5, 5.41) is 18.2. The van der Waals surface area contributed by atoms with E-state index in [0.717, 1.165) is 4.88 Å². The summed E-state index contributed by atoms with van der Waals surface area (Å²) >= 11 is 6.89. The molecule has 1 saturated carbocycles. The van der Waals surface area contributed by atoms with Gasteiger partial charge in [0.15, 0.2) is 10.6 Å². The predicted octanol–water partition coefficient (Wildman–Crippen LogP) is 1.27. The minimum Gasteiger partial charge on any atom is -0.479 e. The van der Waals surface area contributed by atoms with Crippen molar-refractivity contribution < 1.29 is 15.0 Å². The number of aliphatic carboxylic acids is 1. The molecule has 0 radical (unpaired) electrons. The molecule has 0 aromatic carbocycles. The molecule has 1 atom stereocenters. The molecule has 0 aliphatic heterocycles. The number of rotatable bonds is 3. The van der Waals surface area contributed by atoms with Gasteiger partial charge in [-0.1, -0.05) is 11.6 Å². The number of thiazole rings is 1. The molecule has 1 heterocycles. The highest BCUT2D eigenvalue weighted by atomic mass is 35.5.